The monoisotopic (exact) mass is 477 g/mol. The maximum absolute atomic E-state index is 13.3. The third kappa shape index (κ3) is 6.66. The van der Waals surface area contributed by atoms with Gasteiger partial charge in [0.1, 0.15) is 28.9 Å². The molecule has 1 unspecified atom stereocenters. The van der Waals surface area contributed by atoms with Crippen molar-refractivity contribution in [3.63, 3.8) is 0 Å². The first-order valence-corrected chi connectivity index (χ1v) is 11.4. The van der Waals surface area contributed by atoms with Crippen molar-refractivity contribution in [3.8, 4) is 17.2 Å². The molecule has 3 aromatic carbocycles. The first kappa shape index (κ1) is 24.0. The smallest absolute Gasteiger partial charge is 0.407 e. The number of hydrogen-bond donors (Lipinski definition) is 1. The molecule has 0 aliphatic heterocycles. The van der Waals surface area contributed by atoms with E-state index < -0.39 is 33.0 Å². The zero-order valence-corrected chi connectivity index (χ0v) is 18.3. The summed E-state index contributed by atoms with van der Waals surface area (Å²) in [5, 5.41) is 2.37. The van der Waals surface area contributed by atoms with Crippen LogP contribution in [0.3, 0.4) is 0 Å². The Kier molecular flexibility index (Phi) is 7.83. The van der Waals surface area contributed by atoms with E-state index in [9.17, 15) is 22.0 Å². The van der Waals surface area contributed by atoms with Gasteiger partial charge in [0.05, 0.1) is 18.0 Å². The molecule has 0 heterocycles. The van der Waals surface area contributed by atoms with Crippen molar-refractivity contribution < 1.29 is 36.2 Å². The fraction of sp³-hybridized carbons (Fsp3) is 0.174. The van der Waals surface area contributed by atoms with Gasteiger partial charge in [-0.3, -0.25) is 0 Å². The molecule has 0 saturated carbocycles. The van der Waals surface area contributed by atoms with Crippen LogP contribution >= 0.6 is 0 Å². The standard InChI is InChI=1S/C23H21F2NO6S/c1-2-30-23(27)26-15-22(33(28,29)21-6-4-3-5-7-21)32-19-10-8-18(9-11-19)31-20-13-16(24)12-17(25)14-20/h3-14,22H,2,15H2,1H3,(H,26,27). The van der Waals surface area contributed by atoms with Crippen LogP contribution in [0.1, 0.15) is 6.92 Å². The van der Waals surface area contributed by atoms with Crippen LogP contribution in [0.15, 0.2) is 77.7 Å². The largest absolute Gasteiger partial charge is 0.472 e. The van der Waals surface area contributed by atoms with Crippen LogP contribution in [-0.4, -0.2) is 33.1 Å². The lowest BCUT2D eigenvalue weighted by Gasteiger charge is -2.20. The van der Waals surface area contributed by atoms with E-state index in [1.807, 2.05) is 0 Å². The minimum atomic E-state index is -3.99. The van der Waals surface area contributed by atoms with Gasteiger partial charge in [-0.2, -0.15) is 0 Å². The van der Waals surface area contributed by atoms with Gasteiger partial charge in [0, 0.05) is 18.2 Å². The molecule has 0 fully saturated rings. The number of hydrogen-bond acceptors (Lipinski definition) is 6. The number of rotatable bonds is 9. The van der Waals surface area contributed by atoms with Crippen LogP contribution < -0.4 is 14.8 Å². The van der Waals surface area contributed by atoms with Crippen LogP contribution in [0.5, 0.6) is 17.2 Å². The molecule has 174 valence electrons. The molecule has 0 radical (unpaired) electrons. The Morgan fingerprint density at radius 1 is 0.909 bits per heavy atom. The number of amides is 1. The molecule has 7 nitrogen and oxygen atoms in total. The van der Waals surface area contributed by atoms with E-state index >= 15 is 0 Å². The Balaban J connectivity index is 1.77. The first-order chi connectivity index (χ1) is 15.8. The number of ether oxygens (including phenoxy) is 3. The summed E-state index contributed by atoms with van der Waals surface area (Å²) in [4.78, 5) is 11.7. The minimum absolute atomic E-state index is 0.0220. The highest BCUT2D eigenvalue weighted by Gasteiger charge is 2.30. The minimum Gasteiger partial charge on any atom is -0.472 e. The third-order valence-corrected chi connectivity index (χ3v) is 6.15. The van der Waals surface area contributed by atoms with Crippen molar-refractivity contribution in [2.75, 3.05) is 13.2 Å². The molecular formula is C23H21F2NO6S. The van der Waals surface area contributed by atoms with Gasteiger partial charge >= 0.3 is 6.09 Å². The summed E-state index contributed by atoms with van der Waals surface area (Å²) in [6.45, 7) is 1.38. The maximum Gasteiger partial charge on any atom is 0.407 e. The first-order valence-electron chi connectivity index (χ1n) is 9.88. The van der Waals surface area contributed by atoms with Gasteiger partial charge in [-0.05, 0) is 43.3 Å². The lowest BCUT2D eigenvalue weighted by molar-refractivity contribution is 0.148. The van der Waals surface area contributed by atoms with Gasteiger partial charge in [-0.25, -0.2) is 22.0 Å². The van der Waals surface area contributed by atoms with E-state index in [-0.39, 0.29) is 35.3 Å². The van der Waals surface area contributed by atoms with E-state index in [1.54, 1.807) is 25.1 Å². The summed E-state index contributed by atoms with van der Waals surface area (Å²) >= 11 is 0. The fourth-order valence-electron chi connectivity index (χ4n) is 2.79. The molecule has 1 amide bonds. The predicted octanol–water partition coefficient (Wildman–Crippen LogP) is 4.68. The maximum atomic E-state index is 13.3. The quantitative estimate of drug-likeness (QED) is 0.481. The number of carbonyl (C=O) groups excluding carboxylic acids is 1. The number of benzene rings is 3. The zero-order chi connectivity index (χ0) is 23.8. The lowest BCUT2D eigenvalue weighted by Crippen LogP contribution is -2.40. The van der Waals surface area contributed by atoms with Crippen molar-refractivity contribution in [2.45, 2.75) is 17.3 Å². The molecule has 1 N–H and O–H groups in total. The summed E-state index contributed by atoms with van der Waals surface area (Å²) in [7, 11) is -3.99. The molecule has 0 aromatic heterocycles. The van der Waals surface area contributed by atoms with Crippen LogP contribution in [0, 0.1) is 11.6 Å². The van der Waals surface area contributed by atoms with Gasteiger partial charge < -0.3 is 19.5 Å². The molecule has 10 heteroatoms. The van der Waals surface area contributed by atoms with Gasteiger partial charge in [-0.15, -0.1) is 0 Å². The fourth-order valence-corrected chi connectivity index (χ4v) is 4.17. The average Bonchev–Trinajstić information content (AvgIpc) is 2.78. The van der Waals surface area contributed by atoms with Crippen LogP contribution in [-0.2, 0) is 14.6 Å². The number of halogens is 2. The van der Waals surface area contributed by atoms with E-state index in [2.05, 4.69) is 5.32 Å². The summed E-state index contributed by atoms with van der Waals surface area (Å²) in [6.07, 6.45) is -0.777. The summed E-state index contributed by atoms with van der Waals surface area (Å²) in [5.74, 6) is -1.19. The Labute approximate surface area is 189 Å². The Morgan fingerprint density at radius 3 is 2.12 bits per heavy atom. The molecule has 0 spiro atoms. The molecule has 0 aliphatic rings. The van der Waals surface area contributed by atoms with Crippen molar-refractivity contribution in [2.24, 2.45) is 0 Å². The number of carbonyl (C=O) groups is 1. The molecule has 3 rings (SSSR count). The molecule has 1 atom stereocenters. The van der Waals surface area contributed by atoms with E-state index in [1.165, 1.54) is 36.4 Å². The second-order valence-electron chi connectivity index (χ2n) is 6.69. The SMILES string of the molecule is CCOC(=O)NCC(Oc1ccc(Oc2cc(F)cc(F)c2)cc1)S(=O)(=O)c1ccccc1. The highest BCUT2D eigenvalue weighted by molar-refractivity contribution is 7.92. The molecule has 3 aromatic rings. The van der Waals surface area contributed by atoms with Gasteiger partial charge in [-0.1, -0.05) is 18.2 Å². The highest BCUT2D eigenvalue weighted by Crippen LogP contribution is 2.27. The summed E-state index contributed by atoms with van der Waals surface area (Å²) in [6, 6.07) is 16.2. The van der Waals surface area contributed by atoms with E-state index in [0.29, 0.717) is 0 Å². The second-order valence-corrected chi connectivity index (χ2v) is 8.77. The Bertz CT molecular complexity index is 1170. The molecular weight excluding hydrogens is 456 g/mol. The van der Waals surface area contributed by atoms with Crippen molar-refractivity contribution in [1.82, 2.24) is 5.32 Å². The van der Waals surface area contributed by atoms with Gasteiger partial charge in [0.25, 0.3) is 0 Å². The molecule has 0 bridgehead atoms. The molecule has 33 heavy (non-hydrogen) atoms. The number of alkyl carbamates (subject to hydrolysis) is 1. The predicted molar refractivity (Wildman–Crippen MR) is 116 cm³/mol. The normalized spacial score (nSPS) is 12.0. The van der Waals surface area contributed by atoms with E-state index in [4.69, 9.17) is 14.2 Å². The summed E-state index contributed by atoms with van der Waals surface area (Å²) < 4.78 is 68.7. The zero-order valence-electron chi connectivity index (χ0n) is 17.5. The molecule has 0 aliphatic carbocycles. The van der Waals surface area contributed by atoms with Crippen LogP contribution in [0.4, 0.5) is 13.6 Å². The number of nitrogens with one attached hydrogen (secondary N) is 1. The van der Waals surface area contributed by atoms with E-state index in [0.717, 1.165) is 18.2 Å². The van der Waals surface area contributed by atoms with Crippen molar-refractivity contribution in [1.29, 1.82) is 0 Å². The van der Waals surface area contributed by atoms with Crippen molar-refractivity contribution in [3.05, 3.63) is 84.4 Å². The van der Waals surface area contributed by atoms with Gasteiger partial charge in [0.15, 0.2) is 0 Å². The van der Waals surface area contributed by atoms with Crippen LogP contribution in [0.2, 0.25) is 0 Å². The Hall–Kier alpha value is -3.66. The molecule has 0 saturated heterocycles. The summed E-state index contributed by atoms with van der Waals surface area (Å²) in [5.41, 5.74) is -1.45. The second kappa shape index (κ2) is 10.8. The van der Waals surface area contributed by atoms with Crippen molar-refractivity contribution >= 4 is 15.9 Å². The number of sulfone groups is 1. The lowest BCUT2D eigenvalue weighted by atomic mass is 10.3. The highest BCUT2D eigenvalue weighted by atomic mass is 32.2. The average molecular weight is 477 g/mol. The Morgan fingerprint density at radius 2 is 1.52 bits per heavy atom. The van der Waals surface area contributed by atoms with Gasteiger partial charge in [0.2, 0.25) is 15.3 Å². The topological polar surface area (TPSA) is 90.9 Å². The van der Waals surface area contributed by atoms with Crippen LogP contribution in [0.25, 0.3) is 0 Å². The third-order valence-electron chi connectivity index (χ3n) is 4.27.